The molecule has 0 bridgehead atoms. The molecule has 0 saturated carbocycles. The zero-order valence-corrected chi connectivity index (χ0v) is 18.5. The molecule has 0 radical (unpaired) electrons. The normalized spacial score (nSPS) is 12.9. The summed E-state index contributed by atoms with van der Waals surface area (Å²) in [6.07, 6.45) is 2.42. The maximum Gasteiger partial charge on any atom is 0.254 e. The van der Waals surface area contributed by atoms with Crippen LogP contribution in [-0.2, 0) is 9.59 Å². The van der Waals surface area contributed by atoms with Gasteiger partial charge in [0.2, 0.25) is 5.91 Å². The summed E-state index contributed by atoms with van der Waals surface area (Å²) < 4.78 is 5.10. The van der Waals surface area contributed by atoms with Gasteiger partial charge < -0.3 is 26.2 Å². The maximum atomic E-state index is 12.2. The molecule has 2 aromatic carbocycles. The number of aliphatic hydroxyl groups excluding tert-OH is 1. The van der Waals surface area contributed by atoms with Gasteiger partial charge in [-0.2, -0.15) is 11.8 Å². The Morgan fingerprint density at radius 2 is 1.71 bits per heavy atom. The van der Waals surface area contributed by atoms with Crippen molar-refractivity contribution in [3.05, 3.63) is 60.2 Å². The van der Waals surface area contributed by atoms with Crippen LogP contribution in [-0.4, -0.2) is 47.7 Å². The summed E-state index contributed by atoms with van der Waals surface area (Å²) in [5.74, 6) is 1.68. The van der Waals surface area contributed by atoms with Crippen molar-refractivity contribution < 1.29 is 19.4 Å². The number of benzene rings is 2. The maximum absolute atomic E-state index is 12.2. The van der Waals surface area contributed by atoms with Crippen molar-refractivity contribution in [1.29, 1.82) is 0 Å². The first-order chi connectivity index (χ1) is 14.9. The van der Waals surface area contributed by atoms with Crippen molar-refractivity contribution in [3.63, 3.8) is 0 Å². The fourth-order valence-electron chi connectivity index (χ4n) is 2.64. The van der Waals surface area contributed by atoms with Crippen LogP contribution >= 0.6 is 11.8 Å². The molecule has 2 atom stereocenters. The zero-order chi connectivity index (χ0) is 22.6. The standard InChI is InChI=1S/C23H29N3O4S/c1-3-31-15-14-20(24)22(28)23(29)26-18-9-7-17(8-10-18)25-21(27)13-6-16-4-11-19(30-2)12-5-16/h4-13,20,22,28H,3,14-15,24H2,1-2H3,(H,25,27)(H,26,29). The molecule has 0 aliphatic heterocycles. The highest BCUT2D eigenvalue weighted by Crippen LogP contribution is 2.16. The Labute approximate surface area is 187 Å². The van der Waals surface area contributed by atoms with Crippen LogP contribution in [0, 0.1) is 0 Å². The molecular formula is C23H29N3O4S. The number of thioether (sulfide) groups is 1. The number of ether oxygens (including phenoxy) is 1. The van der Waals surface area contributed by atoms with Gasteiger partial charge in [-0.05, 0) is 66.0 Å². The average Bonchev–Trinajstić information content (AvgIpc) is 2.78. The first-order valence-electron chi connectivity index (χ1n) is 9.98. The lowest BCUT2D eigenvalue weighted by Gasteiger charge is -2.18. The van der Waals surface area contributed by atoms with Gasteiger partial charge in [-0.15, -0.1) is 0 Å². The average molecular weight is 444 g/mol. The quantitative estimate of drug-likeness (QED) is 0.313. The molecule has 5 N–H and O–H groups in total. The molecule has 2 amide bonds. The van der Waals surface area contributed by atoms with Gasteiger partial charge in [0.15, 0.2) is 0 Å². The van der Waals surface area contributed by atoms with Crippen LogP contribution in [0.4, 0.5) is 11.4 Å². The number of rotatable bonds is 11. The summed E-state index contributed by atoms with van der Waals surface area (Å²) >= 11 is 1.71. The predicted octanol–water partition coefficient (Wildman–Crippen LogP) is 3.12. The molecule has 0 fully saturated rings. The molecule has 0 heterocycles. The third-order valence-electron chi connectivity index (χ3n) is 4.44. The molecular weight excluding hydrogens is 414 g/mol. The molecule has 7 nitrogen and oxygen atoms in total. The number of nitrogens with one attached hydrogen (secondary N) is 2. The number of carbonyl (C=O) groups excluding carboxylic acids is 2. The minimum absolute atomic E-state index is 0.279. The molecule has 31 heavy (non-hydrogen) atoms. The van der Waals surface area contributed by atoms with Crippen LogP contribution in [0.5, 0.6) is 5.75 Å². The molecule has 0 saturated heterocycles. The van der Waals surface area contributed by atoms with Gasteiger partial charge in [-0.3, -0.25) is 9.59 Å². The molecule has 2 rings (SSSR count). The van der Waals surface area contributed by atoms with Gasteiger partial charge >= 0.3 is 0 Å². The lowest BCUT2D eigenvalue weighted by molar-refractivity contribution is -0.125. The van der Waals surface area contributed by atoms with Gasteiger partial charge in [-0.25, -0.2) is 0 Å². The summed E-state index contributed by atoms with van der Waals surface area (Å²) in [6.45, 7) is 2.04. The number of methoxy groups -OCH3 is 1. The molecule has 2 unspecified atom stereocenters. The van der Waals surface area contributed by atoms with E-state index in [0.717, 1.165) is 22.8 Å². The van der Waals surface area contributed by atoms with E-state index in [1.807, 2.05) is 31.2 Å². The minimum atomic E-state index is -1.28. The number of aliphatic hydroxyl groups is 1. The molecule has 8 heteroatoms. The van der Waals surface area contributed by atoms with Gasteiger partial charge in [0.25, 0.3) is 5.91 Å². The number of hydrogen-bond donors (Lipinski definition) is 4. The molecule has 0 aliphatic rings. The topological polar surface area (TPSA) is 114 Å². The Morgan fingerprint density at radius 1 is 1.10 bits per heavy atom. The Balaban J connectivity index is 1.84. The van der Waals surface area contributed by atoms with Crippen molar-refractivity contribution in [3.8, 4) is 5.75 Å². The molecule has 2 aromatic rings. The second-order valence-corrected chi connectivity index (χ2v) is 8.15. The van der Waals surface area contributed by atoms with Gasteiger partial charge in [0.1, 0.15) is 11.9 Å². The van der Waals surface area contributed by atoms with Crippen LogP contribution in [0.2, 0.25) is 0 Å². The smallest absolute Gasteiger partial charge is 0.254 e. The number of hydrogen-bond acceptors (Lipinski definition) is 6. The third kappa shape index (κ3) is 8.45. The van der Waals surface area contributed by atoms with E-state index in [1.165, 1.54) is 6.08 Å². The van der Waals surface area contributed by atoms with Crippen LogP contribution in [0.1, 0.15) is 18.9 Å². The second kappa shape index (κ2) is 12.8. The van der Waals surface area contributed by atoms with Crippen LogP contribution in [0.3, 0.4) is 0 Å². The molecule has 0 aliphatic carbocycles. The fraction of sp³-hybridized carbons (Fsp3) is 0.304. The highest BCUT2D eigenvalue weighted by molar-refractivity contribution is 7.99. The van der Waals surface area contributed by atoms with Crippen molar-refractivity contribution >= 4 is 41.0 Å². The zero-order valence-electron chi connectivity index (χ0n) is 17.7. The first-order valence-corrected chi connectivity index (χ1v) is 11.1. The SMILES string of the molecule is CCSCCC(N)C(O)C(=O)Nc1ccc(NC(=O)C=Cc2ccc(OC)cc2)cc1. The molecule has 0 spiro atoms. The number of carbonyl (C=O) groups is 2. The fourth-order valence-corrected chi connectivity index (χ4v) is 3.37. The highest BCUT2D eigenvalue weighted by Gasteiger charge is 2.22. The summed E-state index contributed by atoms with van der Waals surface area (Å²) in [7, 11) is 1.60. The monoisotopic (exact) mass is 443 g/mol. The van der Waals surface area contributed by atoms with Crippen molar-refractivity contribution in [2.45, 2.75) is 25.5 Å². The highest BCUT2D eigenvalue weighted by atomic mass is 32.2. The van der Waals surface area contributed by atoms with Crippen molar-refractivity contribution in [2.75, 3.05) is 29.2 Å². The van der Waals surface area contributed by atoms with E-state index in [9.17, 15) is 14.7 Å². The Morgan fingerprint density at radius 3 is 2.29 bits per heavy atom. The Kier molecular flexibility index (Phi) is 10.1. The largest absolute Gasteiger partial charge is 0.497 e. The van der Waals surface area contributed by atoms with Gasteiger partial charge in [0, 0.05) is 23.5 Å². The van der Waals surface area contributed by atoms with Gasteiger partial charge in [0.05, 0.1) is 7.11 Å². The summed E-state index contributed by atoms with van der Waals surface area (Å²) in [5, 5.41) is 15.5. The molecule has 166 valence electrons. The van der Waals surface area contributed by atoms with E-state index in [0.29, 0.717) is 17.8 Å². The number of amides is 2. The van der Waals surface area contributed by atoms with E-state index in [-0.39, 0.29) is 5.91 Å². The first kappa shape index (κ1) is 24.5. The van der Waals surface area contributed by atoms with Crippen molar-refractivity contribution in [2.24, 2.45) is 5.73 Å². The summed E-state index contributed by atoms with van der Waals surface area (Å²) in [5.41, 5.74) is 7.85. The Hall–Kier alpha value is -2.81. The minimum Gasteiger partial charge on any atom is -0.497 e. The van der Waals surface area contributed by atoms with E-state index in [2.05, 4.69) is 10.6 Å². The van der Waals surface area contributed by atoms with Gasteiger partial charge in [-0.1, -0.05) is 19.1 Å². The lowest BCUT2D eigenvalue weighted by atomic mass is 10.1. The number of nitrogens with two attached hydrogens (primary N) is 1. The molecule has 0 aromatic heterocycles. The summed E-state index contributed by atoms with van der Waals surface area (Å²) in [6, 6.07) is 13.3. The van der Waals surface area contributed by atoms with Crippen LogP contribution in [0.25, 0.3) is 6.08 Å². The number of anilines is 2. The van der Waals surface area contributed by atoms with Crippen LogP contribution < -0.4 is 21.1 Å². The van der Waals surface area contributed by atoms with E-state index in [1.54, 1.807) is 49.2 Å². The van der Waals surface area contributed by atoms with Crippen molar-refractivity contribution in [1.82, 2.24) is 0 Å². The van der Waals surface area contributed by atoms with E-state index < -0.39 is 18.1 Å². The predicted molar refractivity (Wildman–Crippen MR) is 127 cm³/mol. The van der Waals surface area contributed by atoms with Crippen LogP contribution in [0.15, 0.2) is 54.6 Å². The second-order valence-electron chi connectivity index (χ2n) is 6.76. The van der Waals surface area contributed by atoms with E-state index in [4.69, 9.17) is 10.5 Å². The third-order valence-corrected chi connectivity index (χ3v) is 5.37. The Bertz CT molecular complexity index is 869. The van der Waals surface area contributed by atoms with E-state index >= 15 is 0 Å². The summed E-state index contributed by atoms with van der Waals surface area (Å²) in [4.78, 5) is 24.3. The lowest BCUT2D eigenvalue weighted by Crippen LogP contribution is -2.43.